The number of nitrogens with zero attached hydrogens (tertiary/aromatic N) is 1. The molecular weight excluding hydrogens is 410 g/mol. The van der Waals surface area contributed by atoms with Crippen LogP contribution in [0.5, 0.6) is 0 Å². The monoisotopic (exact) mass is 437 g/mol. The first-order valence-electron chi connectivity index (χ1n) is 11.5. The fourth-order valence-corrected chi connectivity index (χ4v) is 5.17. The van der Waals surface area contributed by atoms with E-state index in [4.69, 9.17) is 0 Å². The first-order valence-corrected chi connectivity index (χ1v) is 11.5. The fourth-order valence-electron chi connectivity index (χ4n) is 5.17. The Hall–Kier alpha value is -3.53. The molecule has 5 rings (SSSR count). The minimum atomic E-state index is -1.04. The summed E-state index contributed by atoms with van der Waals surface area (Å²) in [6.45, 7) is 4.47. The molecule has 1 N–H and O–H groups in total. The predicted octanol–water partition coefficient (Wildman–Crippen LogP) is 5.87. The summed E-state index contributed by atoms with van der Waals surface area (Å²) in [5.74, 6) is -1.13. The number of hydrogen-bond acceptors (Lipinski definition) is 3. The molecule has 0 aliphatic heterocycles. The summed E-state index contributed by atoms with van der Waals surface area (Å²) in [4.78, 5) is 30.5. The van der Waals surface area contributed by atoms with E-state index in [0.29, 0.717) is 6.42 Å². The molecule has 0 spiro atoms. The number of hydrogen-bond donors (Lipinski definition) is 1. The number of benzene rings is 3. The molecule has 4 heteroatoms. The van der Waals surface area contributed by atoms with Gasteiger partial charge in [0.15, 0.2) is 6.04 Å². The van der Waals surface area contributed by atoms with E-state index in [1.54, 1.807) is 0 Å². The number of aliphatic carboxylic acids is 1. The van der Waals surface area contributed by atoms with Crippen LogP contribution in [0.1, 0.15) is 49.8 Å². The normalized spacial score (nSPS) is 19.3. The standard InChI is InChI=1S/C29H27NO3/c1-29(2)15-14-23-24(17-29)21-12-5-6-13-22(21)26(27(23)31)30-25(28(32)33)16-19-10-7-9-18-8-3-4-11-20(18)19/h3-13,25H,14-17H2,1-2H3,(H,32,33). The van der Waals surface area contributed by atoms with Crippen LogP contribution in [0, 0.1) is 5.41 Å². The highest BCUT2D eigenvalue weighted by Crippen LogP contribution is 2.46. The van der Waals surface area contributed by atoms with Crippen LogP contribution in [-0.2, 0) is 16.0 Å². The van der Waals surface area contributed by atoms with Crippen LogP contribution in [0.2, 0.25) is 0 Å². The molecule has 166 valence electrons. The van der Waals surface area contributed by atoms with Gasteiger partial charge in [0.05, 0.1) is 0 Å². The summed E-state index contributed by atoms with van der Waals surface area (Å²) in [6, 6.07) is 20.6. The summed E-state index contributed by atoms with van der Waals surface area (Å²) in [5, 5.41) is 12.1. The maximum absolute atomic E-state index is 13.6. The Labute approximate surface area is 193 Å². The smallest absolute Gasteiger partial charge is 0.328 e. The van der Waals surface area contributed by atoms with Gasteiger partial charge in [-0.25, -0.2) is 4.79 Å². The first-order chi connectivity index (χ1) is 15.8. The van der Waals surface area contributed by atoms with Crippen molar-refractivity contribution >= 4 is 33.8 Å². The zero-order valence-corrected chi connectivity index (χ0v) is 19.0. The maximum atomic E-state index is 13.6. The van der Waals surface area contributed by atoms with Crippen molar-refractivity contribution in [3.05, 3.63) is 89.0 Å². The van der Waals surface area contributed by atoms with Crippen molar-refractivity contribution in [1.82, 2.24) is 0 Å². The quantitative estimate of drug-likeness (QED) is 0.555. The third-order valence-electron chi connectivity index (χ3n) is 6.93. The minimum absolute atomic E-state index is 0.108. The van der Waals surface area contributed by atoms with Crippen LogP contribution >= 0.6 is 0 Å². The van der Waals surface area contributed by atoms with E-state index in [1.807, 2.05) is 66.7 Å². The number of carboxylic acid groups (broad SMARTS) is 1. The van der Waals surface area contributed by atoms with Gasteiger partial charge in [0.25, 0.3) is 0 Å². The van der Waals surface area contributed by atoms with Crippen molar-refractivity contribution in [2.24, 2.45) is 10.4 Å². The van der Waals surface area contributed by atoms with Crippen molar-refractivity contribution in [2.75, 3.05) is 0 Å². The first kappa shape index (κ1) is 21.3. The third kappa shape index (κ3) is 3.91. The van der Waals surface area contributed by atoms with Gasteiger partial charge in [-0.05, 0) is 52.1 Å². The van der Waals surface area contributed by atoms with Gasteiger partial charge < -0.3 is 5.11 Å². The Morgan fingerprint density at radius 2 is 1.67 bits per heavy atom. The second-order valence-corrected chi connectivity index (χ2v) is 9.85. The molecule has 33 heavy (non-hydrogen) atoms. The largest absolute Gasteiger partial charge is 0.480 e. The van der Waals surface area contributed by atoms with Crippen molar-refractivity contribution < 1.29 is 14.7 Å². The lowest BCUT2D eigenvalue weighted by atomic mass is 9.68. The minimum Gasteiger partial charge on any atom is -0.480 e. The van der Waals surface area contributed by atoms with Crippen molar-refractivity contribution in [3.8, 4) is 0 Å². The number of allylic oxidation sites excluding steroid dienone is 2. The molecule has 0 saturated carbocycles. The van der Waals surface area contributed by atoms with Crippen molar-refractivity contribution in [3.63, 3.8) is 0 Å². The number of carbonyl (C=O) groups excluding carboxylic acids is 1. The molecule has 3 aromatic carbocycles. The van der Waals surface area contributed by atoms with Gasteiger partial charge >= 0.3 is 5.97 Å². The predicted molar refractivity (Wildman–Crippen MR) is 132 cm³/mol. The number of carbonyl (C=O) groups is 2. The molecule has 0 bridgehead atoms. The van der Waals surface area contributed by atoms with Crippen LogP contribution in [0.15, 0.2) is 77.3 Å². The van der Waals surface area contributed by atoms with E-state index in [-0.39, 0.29) is 23.3 Å². The van der Waals surface area contributed by atoms with Crippen LogP contribution in [-0.4, -0.2) is 28.6 Å². The Balaban J connectivity index is 1.59. The van der Waals surface area contributed by atoms with Crippen molar-refractivity contribution in [2.45, 2.75) is 45.6 Å². The van der Waals surface area contributed by atoms with E-state index < -0.39 is 12.0 Å². The van der Waals surface area contributed by atoms with E-state index in [0.717, 1.165) is 51.5 Å². The second-order valence-electron chi connectivity index (χ2n) is 9.85. The summed E-state index contributed by atoms with van der Waals surface area (Å²) < 4.78 is 0. The van der Waals surface area contributed by atoms with Crippen molar-refractivity contribution in [1.29, 1.82) is 0 Å². The SMILES string of the molecule is CC1(C)CCC2=C(C1)c1ccccc1C(=NC(Cc1cccc3ccccc13)C(=O)O)C2=O. The molecule has 0 saturated heterocycles. The Morgan fingerprint density at radius 3 is 2.45 bits per heavy atom. The highest BCUT2D eigenvalue weighted by molar-refractivity contribution is 6.54. The lowest BCUT2D eigenvalue weighted by Crippen LogP contribution is -2.32. The van der Waals surface area contributed by atoms with E-state index in [9.17, 15) is 14.7 Å². The highest BCUT2D eigenvalue weighted by Gasteiger charge is 2.37. The molecule has 0 aromatic heterocycles. The zero-order valence-electron chi connectivity index (χ0n) is 19.0. The number of ketones is 1. The van der Waals surface area contributed by atoms with Gasteiger partial charge in [0.1, 0.15) is 5.71 Å². The average molecular weight is 438 g/mol. The molecule has 0 fully saturated rings. The molecule has 4 nitrogen and oxygen atoms in total. The number of Topliss-reactive ketones (excluding diaryl/α,β-unsaturated/α-hetero) is 1. The van der Waals surface area contributed by atoms with Gasteiger partial charge in [0.2, 0.25) is 5.78 Å². The summed E-state index contributed by atoms with van der Waals surface area (Å²) >= 11 is 0. The number of rotatable bonds is 4. The molecule has 3 aromatic rings. The number of carboxylic acids is 1. The molecule has 2 aliphatic carbocycles. The summed E-state index contributed by atoms with van der Waals surface area (Å²) in [6.07, 6.45) is 2.71. The molecule has 0 heterocycles. The average Bonchev–Trinajstić information content (AvgIpc) is 2.80. The molecule has 2 aliphatic rings. The van der Waals surface area contributed by atoms with Gasteiger partial charge in [0, 0.05) is 17.6 Å². The number of aliphatic imine (C=N–C) groups is 1. The van der Waals surface area contributed by atoms with Gasteiger partial charge in [-0.3, -0.25) is 9.79 Å². The fraction of sp³-hybridized carbons (Fsp3) is 0.276. The maximum Gasteiger partial charge on any atom is 0.328 e. The zero-order chi connectivity index (χ0) is 23.2. The summed E-state index contributed by atoms with van der Waals surface area (Å²) in [5.41, 5.74) is 5.03. The Bertz CT molecular complexity index is 1340. The summed E-state index contributed by atoms with van der Waals surface area (Å²) in [7, 11) is 0. The van der Waals surface area contributed by atoms with Gasteiger partial charge in [-0.2, -0.15) is 0 Å². The van der Waals surface area contributed by atoms with Gasteiger partial charge in [-0.1, -0.05) is 80.6 Å². The molecule has 0 radical (unpaired) electrons. The van der Waals surface area contributed by atoms with Crippen LogP contribution in [0.3, 0.4) is 0 Å². The molecule has 0 amide bonds. The molecule has 1 atom stereocenters. The number of fused-ring (bicyclic) bond motifs is 3. The van der Waals surface area contributed by atoms with Crippen LogP contribution in [0.4, 0.5) is 0 Å². The third-order valence-corrected chi connectivity index (χ3v) is 6.93. The topological polar surface area (TPSA) is 66.7 Å². The van der Waals surface area contributed by atoms with Gasteiger partial charge in [-0.15, -0.1) is 0 Å². The van der Waals surface area contributed by atoms with E-state index in [2.05, 4.69) is 18.8 Å². The molecule has 1 unspecified atom stereocenters. The second kappa shape index (κ2) is 8.11. The highest BCUT2D eigenvalue weighted by atomic mass is 16.4. The Kier molecular flexibility index (Phi) is 5.24. The van der Waals surface area contributed by atoms with Crippen LogP contribution in [0.25, 0.3) is 16.3 Å². The molecular formula is C29H27NO3. The lowest BCUT2D eigenvalue weighted by Gasteiger charge is -2.36. The lowest BCUT2D eigenvalue weighted by molar-refractivity contribution is -0.138. The van der Waals surface area contributed by atoms with E-state index >= 15 is 0 Å². The van der Waals surface area contributed by atoms with Crippen LogP contribution < -0.4 is 0 Å². The Morgan fingerprint density at radius 1 is 0.970 bits per heavy atom. The van der Waals surface area contributed by atoms with E-state index in [1.165, 1.54) is 0 Å².